The van der Waals surface area contributed by atoms with Gasteiger partial charge in [0.1, 0.15) is 5.76 Å². The first-order valence-corrected chi connectivity index (χ1v) is 10.7. The number of benzene rings is 1. The minimum atomic E-state index is -0.442. The van der Waals surface area contributed by atoms with Gasteiger partial charge in [-0.1, -0.05) is 23.4 Å². The van der Waals surface area contributed by atoms with Crippen molar-refractivity contribution in [3.63, 3.8) is 0 Å². The van der Waals surface area contributed by atoms with Gasteiger partial charge in [0.15, 0.2) is 6.61 Å². The number of carbonyl (C=O) groups excluding carboxylic acids is 1. The summed E-state index contributed by atoms with van der Waals surface area (Å²) in [7, 11) is 0. The standard InChI is InChI=1S/C20H17N3O4S2/c1-12-15(13(2)27-23-12)11-29-16-7-4-3-6-14(16)20(24)25-10-18-21-22-19(26-18)17-8-5-9-28-17/h3-9H,10-11H2,1-2H3. The molecule has 0 fully saturated rings. The van der Waals surface area contributed by atoms with Gasteiger partial charge in [-0.2, -0.15) is 0 Å². The number of thiophene rings is 1. The van der Waals surface area contributed by atoms with E-state index >= 15 is 0 Å². The summed E-state index contributed by atoms with van der Waals surface area (Å²) in [6.07, 6.45) is 0. The van der Waals surface area contributed by atoms with Crippen LogP contribution in [0.15, 0.2) is 55.6 Å². The molecule has 29 heavy (non-hydrogen) atoms. The number of nitrogens with zero attached hydrogens (tertiary/aromatic N) is 3. The molecular formula is C20H17N3O4S2. The van der Waals surface area contributed by atoms with E-state index in [-0.39, 0.29) is 12.5 Å². The van der Waals surface area contributed by atoms with Crippen molar-refractivity contribution >= 4 is 29.1 Å². The van der Waals surface area contributed by atoms with Crippen LogP contribution in [-0.2, 0) is 17.1 Å². The maximum Gasteiger partial charge on any atom is 0.339 e. The number of hydrogen-bond acceptors (Lipinski definition) is 9. The second-order valence-electron chi connectivity index (χ2n) is 6.14. The number of carbonyl (C=O) groups is 1. The third kappa shape index (κ3) is 4.41. The molecule has 0 saturated carbocycles. The highest BCUT2D eigenvalue weighted by Crippen LogP contribution is 2.29. The Morgan fingerprint density at radius 1 is 1.17 bits per heavy atom. The summed E-state index contributed by atoms with van der Waals surface area (Å²) in [4.78, 5) is 14.3. The van der Waals surface area contributed by atoms with Crippen LogP contribution in [0.3, 0.4) is 0 Å². The lowest BCUT2D eigenvalue weighted by Crippen LogP contribution is -2.07. The van der Waals surface area contributed by atoms with Gasteiger partial charge in [0.25, 0.3) is 11.8 Å². The molecule has 4 rings (SSSR count). The molecule has 148 valence electrons. The van der Waals surface area contributed by atoms with Gasteiger partial charge < -0.3 is 13.7 Å². The van der Waals surface area contributed by atoms with Crippen LogP contribution in [0.5, 0.6) is 0 Å². The average molecular weight is 428 g/mol. The molecule has 0 saturated heterocycles. The number of ether oxygens (including phenoxy) is 1. The van der Waals surface area contributed by atoms with E-state index in [0.29, 0.717) is 17.2 Å². The first-order valence-electron chi connectivity index (χ1n) is 8.79. The Kier molecular flexibility index (Phi) is 5.77. The molecule has 0 bridgehead atoms. The van der Waals surface area contributed by atoms with Gasteiger partial charge in [0.05, 0.1) is 16.1 Å². The van der Waals surface area contributed by atoms with E-state index in [2.05, 4.69) is 15.4 Å². The largest absolute Gasteiger partial charge is 0.452 e. The zero-order valence-corrected chi connectivity index (χ0v) is 17.4. The molecule has 3 heterocycles. The van der Waals surface area contributed by atoms with E-state index in [9.17, 15) is 4.79 Å². The van der Waals surface area contributed by atoms with Crippen molar-refractivity contribution in [3.05, 3.63) is 70.3 Å². The van der Waals surface area contributed by atoms with Crippen molar-refractivity contribution in [2.45, 2.75) is 31.1 Å². The normalized spacial score (nSPS) is 11.0. The van der Waals surface area contributed by atoms with Crippen LogP contribution < -0.4 is 0 Å². The molecule has 0 aliphatic heterocycles. The molecule has 0 spiro atoms. The molecule has 0 atom stereocenters. The Morgan fingerprint density at radius 2 is 2.03 bits per heavy atom. The average Bonchev–Trinajstić information content (AvgIpc) is 3.47. The first-order chi connectivity index (χ1) is 14.1. The summed E-state index contributed by atoms with van der Waals surface area (Å²) in [6.45, 7) is 3.70. The zero-order chi connectivity index (χ0) is 20.2. The minimum absolute atomic E-state index is 0.0833. The molecule has 0 aliphatic carbocycles. The molecule has 7 nitrogen and oxygen atoms in total. The first kappa shape index (κ1) is 19.4. The number of aryl methyl sites for hydroxylation is 2. The summed E-state index contributed by atoms with van der Waals surface area (Å²) in [6, 6.07) is 11.1. The smallest absolute Gasteiger partial charge is 0.339 e. The highest BCUT2D eigenvalue weighted by atomic mass is 32.2. The monoisotopic (exact) mass is 427 g/mol. The summed E-state index contributed by atoms with van der Waals surface area (Å²) >= 11 is 3.04. The van der Waals surface area contributed by atoms with Crippen LogP contribution in [-0.4, -0.2) is 21.3 Å². The number of rotatable bonds is 7. The Hall–Kier alpha value is -2.91. The molecule has 3 aromatic heterocycles. The highest BCUT2D eigenvalue weighted by Gasteiger charge is 2.17. The predicted molar refractivity (Wildman–Crippen MR) is 109 cm³/mol. The van der Waals surface area contributed by atoms with Gasteiger partial charge >= 0.3 is 5.97 Å². The molecule has 0 aliphatic rings. The van der Waals surface area contributed by atoms with Crippen molar-refractivity contribution in [3.8, 4) is 10.8 Å². The summed E-state index contributed by atoms with van der Waals surface area (Å²) < 4.78 is 16.1. The maximum atomic E-state index is 12.6. The summed E-state index contributed by atoms with van der Waals surface area (Å²) in [5.41, 5.74) is 2.38. The van der Waals surface area contributed by atoms with Crippen molar-refractivity contribution in [1.82, 2.24) is 15.4 Å². The Bertz CT molecular complexity index is 1100. The SMILES string of the molecule is Cc1noc(C)c1CSc1ccccc1C(=O)OCc1nnc(-c2cccs2)o1. The van der Waals surface area contributed by atoms with Crippen molar-refractivity contribution < 1.29 is 18.5 Å². The molecular weight excluding hydrogens is 410 g/mol. The fourth-order valence-corrected chi connectivity index (χ4v) is 4.47. The maximum absolute atomic E-state index is 12.6. The molecule has 1 aromatic carbocycles. The second kappa shape index (κ2) is 8.62. The molecule has 0 N–H and O–H groups in total. The lowest BCUT2D eigenvalue weighted by molar-refractivity contribution is 0.0434. The van der Waals surface area contributed by atoms with Gasteiger partial charge in [-0.3, -0.25) is 0 Å². The van der Waals surface area contributed by atoms with Gasteiger partial charge in [0.2, 0.25) is 0 Å². The number of hydrogen-bond donors (Lipinski definition) is 0. The zero-order valence-electron chi connectivity index (χ0n) is 15.7. The van der Waals surface area contributed by atoms with Gasteiger partial charge in [0, 0.05) is 16.2 Å². The quantitative estimate of drug-likeness (QED) is 0.299. The van der Waals surface area contributed by atoms with Crippen molar-refractivity contribution in [2.24, 2.45) is 0 Å². The minimum Gasteiger partial charge on any atom is -0.452 e. The lowest BCUT2D eigenvalue weighted by atomic mass is 10.2. The fraction of sp³-hybridized carbons (Fsp3) is 0.200. The fourth-order valence-electron chi connectivity index (χ4n) is 2.64. The van der Waals surface area contributed by atoms with E-state index in [1.165, 1.54) is 23.1 Å². The van der Waals surface area contributed by atoms with E-state index in [0.717, 1.165) is 26.8 Å². The Balaban J connectivity index is 1.41. The number of esters is 1. The second-order valence-corrected chi connectivity index (χ2v) is 8.11. The lowest BCUT2D eigenvalue weighted by Gasteiger charge is -2.08. The Labute approximate surface area is 175 Å². The van der Waals surface area contributed by atoms with Crippen LogP contribution in [0.2, 0.25) is 0 Å². The van der Waals surface area contributed by atoms with Gasteiger partial charge in [-0.05, 0) is 37.4 Å². The van der Waals surface area contributed by atoms with E-state index in [4.69, 9.17) is 13.7 Å². The van der Waals surface area contributed by atoms with Gasteiger partial charge in [-0.25, -0.2) is 4.79 Å². The van der Waals surface area contributed by atoms with Crippen LogP contribution in [0.25, 0.3) is 10.8 Å². The van der Waals surface area contributed by atoms with Crippen LogP contribution >= 0.6 is 23.1 Å². The van der Waals surface area contributed by atoms with E-state index in [1.54, 1.807) is 12.1 Å². The van der Waals surface area contributed by atoms with Crippen LogP contribution in [0.1, 0.15) is 33.3 Å². The number of thioether (sulfide) groups is 1. The van der Waals surface area contributed by atoms with Crippen LogP contribution in [0, 0.1) is 13.8 Å². The van der Waals surface area contributed by atoms with Gasteiger partial charge in [-0.15, -0.1) is 33.3 Å². The Morgan fingerprint density at radius 3 is 2.79 bits per heavy atom. The topological polar surface area (TPSA) is 91.2 Å². The van der Waals surface area contributed by atoms with Crippen molar-refractivity contribution in [2.75, 3.05) is 0 Å². The van der Waals surface area contributed by atoms with E-state index < -0.39 is 5.97 Å². The summed E-state index contributed by atoms with van der Waals surface area (Å²) in [5.74, 6) is 1.67. The number of aromatic nitrogens is 3. The van der Waals surface area contributed by atoms with Crippen LogP contribution in [0.4, 0.5) is 0 Å². The predicted octanol–water partition coefficient (Wildman–Crippen LogP) is 5.05. The van der Waals surface area contributed by atoms with E-state index in [1.807, 2.05) is 43.5 Å². The molecule has 0 radical (unpaired) electrons. The summed E-state index contributed by atoms with van der Waals surface area (Å²) in [5, 5.41) is 13.8. The van der Waals surface area contributed by atoms with Crippen molar-refractivity contribution in [1.29, 1.82) is 0 Å². The highest BCUT2D eigenvalue weighted by molar-refractivity contribution is 7.98. The molecule has 0 unspecified atom stereocenters. The molecule has 0 amide bonds. The third-order valence-corrected chi connectivity index (χ3v) is 6.14. The molecule has 9 heteroatoms. The third-order valence-electron chi connectivity index (χ3n) is 4.19. The molecule has 4 aromatic rings.